The molecule has 1 amide bonds. The molecule has 0 spiro atoms. The van der Waals surface area contributed by atoms with Gasteiger partial charge in [-0.25, -0.2) is 0 Å². The van der Waals surface area contributed by atoms with Crippen LogP contribution in [0.2, 0.25) is 0 Å². The lowest BCUT2D eigenvalue weighted by Crippen LogP contribution is -2.41. The normalized spacial score (nSPS) is 27.1. The molecular formula is C21H33BN2O3. The number of rotatable bonds is 4. The second kappa shape index (κ2) is 6.91. The maximum Gasteiger partial charge on any atom is 0.494 e. The molecule has 0 N–H and O–H groups in total. The molecule has 3 rings (SSSR count). The van der Waals surface area contributed by atoms with Gasteiger partial charge in [0, 0.05) is 25.7 Å². The third-order valence-electron chi connectivity index (χ3n) is 6.40. The summed E-state index contributed by atoms with van der Waals surface area (Å²) in [5.74, 6) is 0.0613. The highest BCUT2D eigenvalue weighted by molar-refractivity contribution is 6.62. The molecule has 1 atom stereocenters. The van der Waals surface area contributed by atoms with Crippen molar-refractivity contribution >= 4 is 18.5 Å². The molecule has 148 valence electrons. The summed E-state index contributed by atoms with van der Waals surface area (Å²) >= 11 is 0. The van der Waals surface area contributed by atoms with Gasteiger partial charge >= 0.3 is 7.12 Å². The summed E-state index contributed by atoms with van der Waals surface area (Å²) in [5, 5.41) is 0. The SMILES string of the molecule is CN1CCC(C)(CN(C)C(=O)c2ccc(B3OC(C)(C)C(C)(C)O3)cc2)C1. The van der Waals surface area contributed by atoms with Gasteiger partial charge in [0.1, 0.15) is 0 Å². The van der Waals surface area contributed by atoms with Crippen molar-refractivity contribution in [1.29, 1.82) is 0 Å². The van der Waals surface area contributed by atoms with E-state index in [1.165, 1.54) is 0 Å². The first-order valence-electron chi connectivity index (χ1n) is 9.82. The van der Waals surface area contributed by atoms with Crippen molar-refractivity contribution in [3.8, 4) is 0 Å². The van der Waals surface area contributed by atoms with Crippen LogP contribution in [0.3, 0.4) is 0 Å². The number of hydrogen-bond donors (Lipinski definition) is 0. The van der Waals surface area contributed by atoms with E-state index in [9.17, 15) is 4.79 Å². The maximum absolute atomic E-state index is 12.8. The topological polar surface area (TPSA) is 42.0 Å². The Hall–Kier alpha value is -1.37. The summed E-state index contributed by atoms with van der Waals surface area (Å²) in [7, 11) is 3.64. The van der Waals surface area contributed by atoms with Crippen LogP contribution in [-0.2, 0) is 9.31 Å². The summed E-state index contributed by atoms with van der Waals surface area (Å²) in [5.41, 5.74) is 1.08. The first-order chi connectivity index (χ1) is 12.4. The van der Waals surface area contributed by atoms with Crippen LogP contribution in [0, 0.1) is 5.41 Å². The summed E-state index contributed by atoms with van der Waals surface area (Å²) < 4.78 is 12.2. The Labute approximate surface area is 164 Å². The molecule has 0 saturated carbocycles. The molecule has 0 radical (unpaired) electrons. The van der Waals surface area contributed by atoms with Crippen molar-refractivity contribution in [3.05, 3.63) is 29.8 Å². The number of benzene rings is 1. The van der Waals surface area contributed by atoms with E-state index in [1.54, 1.807) is 0 Å². The zero-order valence-corrected chi connectivity index (χ0v) is 17.8. The fourth-order valence-electron chi connectivity index (χ4n) is 4.03. The van der Waals surface area contributed by atoms with Crippen LogP contribution in [-0.4, -0.2) is 67.8 Å². The van der Waals surface area contributed by atoms with Crippen molar-refractivity contribution in [2.45, 2.75) is 52.2 Å². The first kappa shape index (κ1) is 20.4. The predicted molar refractivity (Wildman–Crippen MR) is 109 cm³/mol. The van der Waals surface area contributed by atoms with Crippen molar-refractivity contribution in [1.82, 2.24) is 9.80 Å². The largest absolute Gasteiger partial charge is 0.494 e. The lowest BCUT2D eigenvalue weighted by Gasteiger charge is -2.32. The molecule has 27 heavy (non-hydrogen) atoms. The molecular weight excluding hydrogens is 339 g/mol. The van der Waals surface area contributed by atoms with Crippen molar-refractivity contribution in [2.75, 3.05) is 33.7 Å². The number of carbonyl (C=O) groups excluding carboxylic acids is 1. The zero-order valence-electron chi connectivity index (χ0n) is 17.8. The van der Waals surface area contributed by atoms with Crippen LogP contribution >= 0.6 is 0 Å². The summed E-state index contributed by atoms with van der Waals surface area (Å²) in [6.45, 7) is 13.3. The number of amides is 1. The number of nitrogens with zero attached hydrogens (tertiary/aromatic N) is 2. The van der Waals surface area contributed by atoms with E-state index in [0.717, 1.165) is 31.5 Å². The molecule has 2 aliphatic rings. The smallest absolute Gasteiger partial charge is 0.399 e. The van der Waals surface area contributed by atoms with E-state index in [1.807, 2.05) is 63.9 Å². The van der Waals surface area contributed by atoms with Gasteiger partial charge in [0.2, 0.25) is 0 Å². The number of hydrogen-bond acceptors (Lipinski definition) is 4. The van der Waals surface area contributed by atoms with Gasteiger partial charge in [-0.05, 0) is 70.7 Å². The predicted octanol–water partition coefficient (Wildman–Crippen LogP) is 2.40. The van der Waals surface area contributed by atoms with E-state index in [4.69, 9.17) is 9.31 Å². The summed E-state index contributed by atoms with van der Waals surface area (Å²) in [4.78, 5) is 17.0. The summed E-state index contributed by atoms with van der Waals surface area (Å²) in [6.07, 6.45) is 1.13. The highest BCUT2D eigenvalue weighted by Gasteiger charge is 2.51. The van der Waals surface area contributed by atoms with E-state index in [-0.39, 0.29) is 22.5 Å². The Morgan fingerprint density at radius 2 is 1.67 bits per heavy atom. The molecule has 1 unspecified atom stereocenters. The molecule has 5 nitrogen and oxygen atoms in total. The van der Waals surface area contributed by atoms with E-state index in [2.05, 4.69) is 18.9 Å². The van der Waals surface area contributed by atoms with Crippen molar-refractivity contribution in [2.24, 2.45) is 5.41 Å². The van der Waals surface area contributed by atoms with Gasteiger partial charge in [0.25, 0.3) is 5.91 Å². The Morgan fingerprint density at radius 3 is 2.15 bits per heavy atom. The van der Waals surface area contributed by atoms with Gasteiger partial charge in [0.05, 0.1) is 11.2 Å². The Balaban J connectivity index is 1.66. The fourth-order valence-corrected chi connectivity index (χ4v) is 4.03. The Bertz CT molecular complexity index is 688. The van der Waals surface area contributed by atoms with Gasteiger partial charge < -0.3 is 19.1 Å². The second-order valence-corrected chi connectivity index (χ2v) is 9.67. The Kier molecular flexibility index (Phi) is 5.21. The third-order valence-corrected chi connectivity index (χ3v) is 6.40. The van der Waals surface area contributed by atoms with E-state index in [0.29, 0.717) is 5.56 Å². The van der Waals surface area contributed by atoms with E-state index >= 15 is 0 Å². The highest BCUT2D eigenvalue weighted by atomic mass is 16.7. The standard InChI is InChI=1S/C21H33BN2O3/c1-19(2)20(3,4)27-22(26-19)17-10-8-16(9-11-17)18(25)24(7)15-21(5)12-13-23(6)14-21/h8-11H,12-15H2,1-7H3. The molecule has 2 fully saturated rings. The quantitative estimate of drug-likeness (QED) is 0.762. The highest BCUT2D eigenvalue weighted by Crippen LogP contribution is 2.36. The molecule has 0 aliphatic carbocycles. The zero-order chi connectivity index (χ0) is 20.0. The number of likely N-dealkylation sites (tertiary alicyclic amines) is 1. The third kappa shape index (κ3) is 4.08. The Morgan fingerprint density at radius 1 is 1.11 bits per heavy atom. The van der Waals surface area contributed by atoms with Gasteiger partial charge in [-0.1, -0.05) is 19.1 Å². The maximum atomic E-state index is 12.8. The molecule has 2 aliphatic heterocycles. The lowest BCUT2D eigenvalue weighted by molar-refractivity contribution is 0.00578. The van der Waals surface area contributed by atoms with Crippen LogP contribution in [0.4, 0.5) is 0 Å². The number of carbonyl (C=O) groups is 1. The average Bonchev–Trinajstić information content (AvgIpc) is 3.02. The molecule has 2 saturated heterocycles. The average molecular weight is 372 g/mol. The van der Waals surface area contributed by atoms with Crippen LogP contribution in [0.15, 0.2) is 24.3 Å². The van der Waals surface area contributed by atoms with Gasteiger partial charge in [0.15, 0.2) is 0 Å². The van der Waals surface area contributed by atoms with Gasteiger partial charge in [-0.2, -0.15) is 0 Å². The molecule has 1 aromatic rings. The van der Waals surface area contributed by atoms with E-state index < -0.39 is 7.12 Å². The lowest BCUT2D eigenvalue weighted by atomic mass is 9.79. The fraction of sp³-hybridized carbons (Fsp3) is 0.667. The van der Waals surface area contributed by atoms with Crippen molar-refractivity contribution < 1.29 is 14.1 Å². The molecule has 1 aromatic carbocycles. The minimum Gasteiger partial charge on any atom is -0.399 e. The van der Waals surface area contributed by atoms with Crippen molar-refractivity contribution in [3.63, 3.8) is 0 Å². The molecule has 0 aromatic heterocycles. The van der Waals surface area contributed by atoms with Crippen LogP contribution < -0.4 is 5.46 Å². The summed E-state index contributed by atoms with van der Waals surface area (Å²) in [6, 6.07) is 7.63. The molecule has 6 heteroatoms. The van der Waals surface area contributed by atoms with Crippen LogP contribution in [0.25, 0.3) is 0 Å². The molecule has 2 heterocycles. The van der Waals surface area contributed by atoms with Gasteiger partial charge in [-0.3, -0.25) is 4.79 Å². The minimum atomic E-state index is -0.398. The minimum absolute atomic E-state index is 0.0613. The molecule has 0 bridgehead atoms. The monoisotopic (exact) mass is 372 g/mol. The second-order valence-electron chi connectivity index (χ2n) is 9.67. The van der Waals surface area contributed by atoms with Crippen LogP contribution in [0.5, 0.6) is 0 Å². The first-order valence-corrected chi connectivity index (χ1v) is 9.82. The van der Waals surface area contributed by atoms with Gasteiger partial charge in [-0.15, -0.1) is 0 Å². The van der Waals surface area contributed by atoms with Crippen LogP contribution in [0.1, 0.15) is 51.4 Å².